The third-order valence-corrected chi connectivity index (χ3v) is 4.52. The summed E-state index contributed by atoms with van der Waals surface area (Å²) in [5.74, 6) is 1.52. The van der Waals surface area contributed by atoms with E-state index >= 15 is 0 Å². The van der Waals surface area contributed by atoms with Crippen molar-refractivity contribution in [2.24, 2.45) is 5.92 Å². The largest absolute Gasteiger partial charge is 0.493 e. The lowest BCUT2D eigenvalue weighted by Crippen LogP contribution is -2.44. The molecule has 0 aliphatic rings. The number of rotatable bonds is 9. The van der Waals surface area contributed by atoms with E-state index in [1.807, 2.05) is 0 Å². The van der Waals surface area contributed by atoms with Crippen molar-refractivity contribution >= 4 is 0 Å². The number of ether oxygens (including phenoxy) is 1. The van der Waals surface area contributed by atoms with Crippen molar-refractivity contribution in [1.82, 2.24) is 5.32 Å². The van der Waals surface area contributed by atoms with Crippen LogP contribution in [-0.2, 0) is 0 Å². The normalized spacial score (nSPS) is 13.5. The van der Waals surface area contributed by atoms with Crippen LogP contribution in [0.5, 0.6) is 5.75 Å². The van der Waals surface area contributed by atoms with Crippen molar-refractivity contribution < 1.29 is 4.74 Å². The fraction of sp³-hybridized carbons (Fsp3) is 0.684. The first-order chi connectivity index (χ1) is 9.96. The van der Waals surface area contributed by atoms with Gasteiger partial charge in [-0.2, -0.15) is 0 Å². The van der Waals surface area contributed by atoms with Gasteiger partial charge in [0.2, 0.25) is 0 Å². The summed E-state index contributed by atoms with van der Waals surface area (Å²) in [5, 5.41) is 3.82. The molecule has 0 heterocycles. The first-order valence-corrected chi connectivity index (χ1v) is 8.46. The van der Waals surface area contributed by atoms with E-state index in [2.05, 4.69) is 71.1 Å². The molecular weight excluding hydrogens is 258 g/mol. The Balaban J connectivity index is 2.68. The topological polar surface area (TPSA) is 21.3 Å². The molecule has 0 aromatic heterocycles. The van der Waals surface area contributed by atoms with Gasteiger partial charge in [0.1, 0.15) is 5.75 Å². The molecule has 0 aliphatic carbocycles. The minimum absolute atomic E-state index is 0.256. The standard InChI is InChI=1S/C19H33NO/c1-7-19(8-2,9-3)20-16(6)17-10-12-18(13-11-17)21-14-15(4)5/h10-13,15-16,20H,7-9,14H2,1-6H3. The average Bonchev–Trinajstić information content (AvgIpc) is 2.51. The number of nitrogens with one attached hydrogen (secondary N) is 1. The number of hydrogen-bond donors (Lipinski definition) is 1. The van der Waals surface area contributed by atoms with Crippen LogP contribution in [0.4, 0.5) is 0 Å². The Bertz CT molecular complexity index is 384. The summed E-state index contributed by atoms with van der Waals surface area (Å²) in [4.78, 5) is 0. The predicted molar refractivity (Wildman–Crippen MR) is 91.9 cm³/mol. The lowest BCUT2D eigenvalue weighted by molar-refractivity contribution is 0.262. The van der Waals surface area contributed by atoms with Gasteiger partial charge in [-0.3, -0.25) is 0 Å². The summed E-state index contributed by atoms with van der Waals surface area (Å²) in [7, 11) is 0. The summed E-state index contributed by atoms with van der Waals surface area (Å²) >= 11 is 0. The van der Waals surface area contributed by atoms with E-state index in [-0.39, 0.29) is 5.54 Å². The third kappa shape index (κ3) is 5.35. The maximum Gasteiger partial charge on any atom is 0.119 e. The Morgan fingerprint density at radius 1 is 0.952 bits per heavy atom. The minimum atomic E-state index is 0.256. The summed E-state index contributed by atoms with van der Waals surface area (Å²) in [5.41, 5.74) is 1.58. The van der Waals surface area contributed by atoms with Crippen molar-refractivity contribution in [2.75, 3.05) is 6.61 Å². The second-order valence-corrected chi connectivity index (χ2v) is 6.48. The monoisotopic (exact) mass is 291 g/mol. The van der Waals surface area contributed by atoms with Crippen molar-refractivity contribution in [2.45, 2.75) is 72.4 Å². The van der Waals surface area contributed by atoms with E-state index in [0.717, 1.165) is 12.4 Å². The van der Waals surface area contributed by atoms with Gasteiger partial charge in [0.05, 0.1) is 6.61 Å². The van der Waals surface area contributed by atoms with Crippen molar-refractivity contribution in [1.29, 1.82) is 0 Å². The van der Waals surface area contributed by atoms with E-state index in [4.69, 9.17) is 4.74 Å². The zero-order chi connectivity index (χ0) is 15.9. The smallest absolute Gasteiger partial charge is 0.119 e. The molecule has 0 saturated carbocycles. The van der Waals surface area contributed by atoms with Gasteiger partial charge in [-0.15, -0.1) is 0 Å². The van der Waals surface area contributed by atoms with Crippen molar-refractivity contribution in [3.05, 3.63) is 29.8 Å². The van der Waals surface area contributed by atoms with Crippen LogP contribution in [0.3, 0.4) is 0 Å². The van der Waals surface area contributed by atoms with Crippen molar-refractivity contribution in [3.8, 4) is 5.75 Å². The SMILES string of the molecule is CCC(CC)(CC)NC(C)c1ccc(OCC(C)C)cc1. The van der Waals surface area contributed by atoms with Crippen LogP contribution in [-0.4, -0.2) is 12.1 Å². The maximum absolute atomic E-state index is 5.75. The molecule has 2 nitrogen and oxygen atoms in total. The molecule has 1 N–H and O–H groups in total. The Labute approximate surface area is 131 Å². The molecule has 0 amide bonds. The van der Waals surface area contributed by atoms with E-state index in [0.29, 0.717) is 12.0 Å². The van der Waals surface area contributed by atoms with E-state index in [1.54, 1.807) is 0 Å². The molecule has 1 rings (SSSR count). The Hall–Kier alpha value is -1.02. The molecule has 0 bridgehead atoms. The molecule has 0 spiro atoms. The minimum Gasteiger partial charge on any atom is -0.493 e. The second kappa shape index (κ2) is 8.43. The van der Waals surface area contributed by atoms with Crippen LogP contribution in [0.25, 0.3) is 0 Å². The van der Waals surface area contributed by atoms with Crippen LogP contribution < -0.4 is 10.1 Å². The highest BCUT2D eigenvalue weighted by Crippen LogP contribution is 2.25. The number of hydrogen-bond acceptors (Lipinski definition) is 2. The van der Waals surface area contributed by atoms with E-state index in [1.165, 1.54) is 24.8 Å². The molecule has 21 heavy (non-hydrogen) atoms. The zero-order valence-corrected chi connectivity index (χ0v) is 14.7. The van der Waals surface area contributed by atoms with Gasteiger partial charge >= 0.3 is 0 Å². The van der Waals surface area contributed by atoms with Crippen LogP contribution in [0.15, 0.2) is 24.3 Å². The summed E-state index contributed by atoms with van der Waals surface area (Å²) in [6.07, 6.45) is 3.50. The van der Waals surface area contributed by atoms with Crippen LogP contribution in [0.1, 0.15) is 72.4 Å². The molecule has 0 fully saturated rings. The highest BCUT2D eigenvalue weighted by atomic mass is 16.5. The number of benzene rings is 1. The third-order valence-electron chi connectivity index (χ3n) is 4.52. The molecule has 120 valence electrons. The molecule has 0 radical (unpaired) electrons. The first kappa shape index (κ1) is 18.0. The Morgan fingerprint density at radius 2 is 1.48 bits per heavy atom. The first-order valence-electron chi connectivity index (χ1n) is 8.46. The Morgan fingerprint density at radius 3 is 1.90 bits per heavy atom. The van der Waals surface area contributed by atoms with Gasteiger partial charge in [0, 0.05) is 11.6 Å². The second-order valence-electron chi connectivity index (χ2n) is 6.48. The molecular formula is C19H33NO. The summed E-state index contributed by atoms with van der Waals surface area (Å²) in [6.45, 7) is 14.2. The van der Waals surface area contributed by atoms with Gasteiger partial charge in [0.25, 0.3) is 0 Å². The maximum atomic E-state index is 5.75. The molecule has 1 aromatic rings. The van der Waals surface area contributed by atoms with Gasteiger partial charge < -0.3 is 10.1 Å². The van der Waals surface area contributed by atoms with Crippen LogP contribution in [0, 0.1) is 5.92 Å². The lowest BCUT2D eigenvalue weighted by Gasteiger charge is -2.35. The van der Waals surface area contributed by atoms with Crippen molar-refractivity contribution in [3.63, 3.8) is 0 Å². The fourth-order valence-electron chi connectivity index (χ4n) is 2.71. The summed E-state index contributed by atoms with van der Waals surface area (Å²) < 4.78 is 5.75. The van der Waals surface area contributed by atoms with Gasteiger partial charge in [-0.25, -0.2) is 0 Å². The average molecular weight is 291 g/mol. The van der Waals surface area contributed by atoms with E-state index < -0.39 is 0 Å². The highest BCUT2D eigenvalue weighted by molar-refractivity contribution is 5.29. The molecule has 1 atom stereocenters. The molecule has 1 unspecified atom stereocenters. The van der Waals surface area contributed by atoms with Crippen LogP contribution in [0.2, 0.25) is 0 Å². The highest BCUT2D eigenvalue weighted by Gasteiger charge is 2.25. The quantitative estimate of drug-likeness (QED) is 0.663. The van der Waals surface area contributed by atoms with E-state index in [9.17, 15) is 0 Å². The fourth-order valence-corrected chi connectivity index (χ4v) is 2.71. The lowest BCUT2D eigenvalue weighted by atomic mass is 9.88. The molecule has 2 heteroatoms. The summed E-state index contributed by atoms with van der Waals surface area (Å²) in [6, 6.07) is 8.89. The zero-order valence-electron chi connectivity index (χ0n) is 14.7. The molecule has 0 aliphatic heterocycles. The van der Waals surface area contributed by atoms with Gasteiger partial charge in [-0.05, 0) is 49.8 Å². The molecule has 0 saturated heterocycles. The van der Waals surface area contributed by atoms with Gasteiger partial charge in [-0.1, -0.05) is 46.8 Å². The predicted octanol–water partition coefficient (Wildman–Crippen LogP) is 5.34. The van der Waals surface area contributed by atoms with Gasteiger partial charge in [0.15, 0.2) is 0 Å². The Kier molecular flexibility index (Phi) is 7.24. The molecule has 1 aromatic carbocycles. The van der Waals surface area contributed by atoms with Crippen LogP contribution >= 0.6 is 0 Å².